The Morgan fingerprint density at radius 1 is 1.21 bits per heavy atom. The summed E-state index contributed by atoms with van der Waals surface area (Å²) in [5.74, 6) is 0.573. The van der Waals surface area contributed by atoms with Crippen LogP contribution < -0.4 is 5.32 Å². The lowest BCUT2D eigenvalue weighted by atomic mass is 10.1. The molecule has 24 heavy (non-hydrogen) atoms. The maximum atomic E-state index is 13.0. The number of hydrogen-bond donors (Lipinski definition) is 1. The van der Waals surface area contributed by atoms with Crippen LogP contribution in [0.2, 0.25) is 0 Å². The number of pyridine rings is 1. The van der Waals surface area contributed by atoms with Crippen LogP contribution in [-0.2, 0) is 6.18 Å². The maximum absolute atomic E-state index is 13.0. The number of nitrogens with one attached hydrogen (secondary N) is 1. The molecule has 0 spiro atoms. The Bertz CT molecular complexity index is 923. The molecule has 0 radical (unpaired) electrons. The van der Waals surface area contributed by atoms with E-state index in [9.17, 15) is 13.2 Å². The van der Waals surface area contributed by atoms with Crippen LogP contribution in [0.3, 0.4) is 0 Å². The number of hydrogen-bond acceptors (Lipinski definition) is 4. The number of rotatable bonds is 3. The van der Waals surface area contributed by atoms with Crippen molar-refractivity contribution in [2.24, 2.45) is 0 Å². The van der Waals surface area contributed by atoms with Gasteiger partial charge >= 0.3 is 6.18 Å². The number of alkyl halides is 3. The Hall–Kier alpha value is -3.08. The van der Waals surface area contributed by atoms with Gasteiger partial charge in [-0.15, -0.1) is 10.2 Å². The Balaban J connectivity index is 1.92. The average Bonchev–Trinajstić information content (AvgIpc) is 2.98. The summed E-state index contributed by atoms with van der Waals surface area (Å²) in [6, 6.07) is 10.1. The van der Waals surface area contributed by atoms with E-state index < -0.39 is 17.3 Å². The van der Waals surface area contributed by atoms with Crippen molar-refractivity contribution in [3.63, 3.8) is 0 Å². The molecule has 2 aromatic heterocycles. The van der Waals surface area contributed by atoms with Crippen molar-refractivity contribution in [1.29, 1.82) is 5.26 Å². The van der Waals surface area contributed by atoms with Gasteiger partial charge in [0.1, 0.15) is 0 Å². The normalized spacial score (nSPS) is 12.8. The zero-order chi connectivity index (χ0) is 17.3. The molecule has 1 aromatic carbocycles. The van der Waals surface area contributed by atoms with Crippen molar-refractivity contribution in [3.05, 3.63) is 59.5 Å². The minimum Gasteiger partial charge on any atom is -0.375 e. The first-order chi connectivity index (χ1) is 11.4. The quantitative estimate of drug-likeness (QED) is 0.793. The van der Waals surface area contributed by atoms with Crippen LogP contribution in [0.4, 0.5) is 18.9 Å². The standard InChI is InChI=1S/C16H12F3N5/c1-10(15-23-22-14-4-2-3-7-24(14)15)21-12-6-5-11(9-20)13(8-12)16(17,18)19/h2-8,10,21H,1H3. The number of nitrogens with zero attached hydrogens (tertiary/aromatic N) is 4. The molecule has 0 aliphatic heterocycles. The number of anilines is 1. The molecular formula is C16H12F3N5. The summed E-state index contributed by atoms with van der Waals surface area (Å²) in [5, 5.41) is 19.9. The third-order valence-electron chi connectivity index (χ3n) is 3.56. The molecule has 0 saturated carbocycles. The Labute approximate surface area is 135 Å². The second kappa shape index (κ2) is 5.85. The van der Waals surface area contributed by atoms with Crippen LogP contribution in [0.5, 0.6) is 0 Å². The van der Waals surface area contributed by atoms with E-state index in [4.69, 9.17) is 5.26 Å². The molecule has 0 aliphatic rings. The fraction of sp³-hybridized carbons (Fsp3) is 0.188. The molecule has 8 heteroatoms. The van der Waals surface area contributed by atoms with Gasteiger partial charge in [-0.05, 0) is 37.3 Å². The number of fused-ring (bicyclic) bond motifs is 1. The Kier molecular flexibility index (Phi) is 3.85. The van der Waals surface area contributed by atoms with Crippen LogP contribution in [-0.4, -0.2) is 14.6 Å². The van der Waals surface area contributed by atoms with Crippen LogP contribution in [0.1, 0.15) is 29.9 Å². The van der Waals surface area contributed by atoms with E-state index >= 15 is 0 Å². The van der Waals surface area contributed by atoms with E-state index in [1.54, 1.807) is 29.7 Å². The van der Waals surface area contributed by atoms with E-state index in [0.717, 1.165) is 12.1 Å². The molecule has 1 N–H and O–H groups in total. The van der Waals surface area contributed by atoms with Gasteiger partial charge in [0, 0.05) is 11.9 Å². The summed E-state index contributed by atoms with van der Waals surface area (Å²) in [5.41, 5.74) is -0.472. The molecule has 122 valence electrons. The highest BCUT2D eigenvalue weighted by molar-refractivity contribution is 5.54. The lowest BCUT2D eigenvalue weighted by Gasteiger charge is -2.16. The molecule has 0 amide bonds. The highest BCUT2D eigenvalue weighted by Crippen LogP contribution is 2.34. The van der Waals surface area contributed by atoms with Crippen molar-refractivity contribution in [2.75, 3.05) is 5.32 Å². The largest absolute Gasteiger partial charge is 0.417 e. The zero-order valence-electron chi connectivity index (χ0n) is 12.5. The predicted octanol–water partition coefficient (Wildman–Crippen LogP) is 3.79. The first kappa shape index (κ1) is 15.8. The molecule has 1 unspecified atom stereocenters. The van der Waals surface area contributed by atoms with Crippen molar-refractivity contribution in [3.8, 4) is 6.07 Å². The monoisotopic (exact) mass is 331 g/mol. The number of aromatic nitrogens is 3. The first-order valence-corrected chi connectivity index (χ1v) is 7.07. The number of halogens is 3. The van der Waals surface area contributed by atoms with E-state index in [1.807, 2.05) is 12.1 Å². The van der Waals surface area contributed by atoms with Crippen molar-refractivity contribution in [1.82, 2.24) is 14.6 Å². The molecule has 0 saturated heterocycles. The van der Waals surface area contributed by atoms with Crippen molar-refractivity contribution in [2.45, 2.75) is 19.1 Å². The topological polar surface area (TPSA) is 66.0 Å². The Morgan fingerprint density at radius 3 is 2.71 bits per heavy atom. The first-order valence-electron chi connectivity index (χ1n) is 7.07. The summed E-state index contributed by atoms with van der Waals surface area (Å²) in [7, 11) is 0. The average molecular weight is 331 g/mol. The van der Waals surface area contributed by atoms with E-state index in [0.29, 0.717) is 11.5 Å². The lowest BCUT2D eigenvalue weighted by Crippen LogP contribution is -2.13. The Morgan fingerprint density at radius 2 is 2.00 bits per heavy atom. The van der Waals surface area contributed by atoms with Gasteiger partial charge in [0.05, 0.1) is 23.2 Å². The van der Waals surface area contributed by atoms with Crippen molar-refractivity contribution < 1.29 is 13.2 Å². The molecular weight excluding hydrogens is 319 g/mol. The van der Waals surface area contributed by atoms with E-state index in [1.165, 1.54) is 6.07 Å². The molecule has 0 fully saturated rings. The van der Waals surface area contributed by atoms with Crippen LogP contribution in [0.25, 0.3) is 5.65 Å². The summed E-state index contributed by atoms with van der Waals surface area (Å²) in [6.45, 7) is 1.77. The second-order valence-corrected chi connectivity index (χ2v) is 5.22. The minimum absolute atomic E-state index is 0.251. The van der Waals surface area contributed by atoms with Gasteiger partial charge < -0.3 is 5.32 Å². The van der Waals surface area contributed by atoms with Gasteiger partial charge in [-0.1, -0.05) is 6.07 Å². The summed E-state index contributed by atoms with van der Waals surface area (Å²) in [6.07, 6.45) is -2.81. The molecule has 5 nitrogen and oxygen atoms in total. The molecule has 2 heterocycles. The summed E-state index contributed by atoms with van der Waals surface area (Å²) in [4.78, 5) is 0. The fourth-order valence-corrected chi connectivity index (χ4v) is 2.44. The predicted molar refractivity (Wildman–Crippen MR) is 81.2 cm³/mol. The van der Waals surface area contributed by atoms with E-state index in [2.05, 4.69) is 15.5 Å². The minimum atomic E-state index is -4.59. The smallest absolute Gasteiger partial charge is 0.375 e. The molecule has 0 aliphatic carbocycles. The highest BCUT2D eigenvalue weighted by Gasteiger charge is 2.34. The van der Waals surface area contributed by atoms with Crippen LogP contribution >= 0.6 is 0 Å². The summed E-state index contributed by atoms with van der Waals surface area (Å²) >= 11 is 0. The van der Waals surface area contributed by atoms with Crippen LogP contribution in [0, 0.1) is 11.3 Å². The van der Waals surface area contributed by atoms with Crippen molar-refractivity contribution >= 4 is 11.3 Å². The SMILES string of the molecule is CC(Nc1ccc(C#N)c(C(F)(F)F)c1)c1nnc2ccccn12. The van der Waals surface area contributed by atoms with Crippen LogP contribution in [0.15, 0.2) is 42.6 Å². The fourth-order valence-electron chi connectivity index (χ4n) is 2.44. The van der Waals surface area contributed by atoms with Gasteiger partial charge in [0.15, 0.2) is 11.5 Å². The second-order valence-electron chi connectivity index (χ2n) is 5.22. The van der Waals surface area contributed by atoms with Gasteiger partial charge in [0.2, 0.25) is 0 Å². The van der Waals surface area contributed by atoms with Gasteiger partial charge in [-0.3, -0.25) is 4.40 Å². The molecule has 3 aromatic rings. The molecule has 0 bridgehead atoms. The lowest BCUT2D eigenvalue weighted by molar-refractivity contribution is -0.137. The van der Waals surface area contributed by atoms with Gasteiger partial charge in [-0.2, -0.15) is 18.4 Å². The van der Waals surface area contributed by atoms with Gasteiger partial charge in [0.25, 0.3) is 0 Å². The molecule has 1 atom stereocenters. The number of nitriles is 1. The third-order valence-corrected chi connectivity index (χ3v) is 3.56. The highest BCUT2D eigenvalue weighted by atomic mass is 19.4. The van der Waals surface area contributed by atoms with E-state index in [-0.39, 0.29) is 11.7 Å². The third kappa shape index (κ3) is 2.88. The summed E-state index contributed by atoms with van der Waals surface area (Å²) < 4.78 is 40.8. The maximum Gasteiger partial charge on any atom is 0.417 e. The zero-order valence-corrected chi connectivity index (χ0v) is 12.5. The molecule has 3 rings (SSSR count). The number of benzene rings is 1. The van der Waals surface area contributed by atoms with Gasteiger partial charge in [-0.25, -0.2) is 0 Å².